The van der Waals surface area contributed by atoms with E-state index in [2.05, 4.69) is 0 Å². The van der Waals surface area contributed by atoms with E-state index in [0.29, 0.717) is 0 Å². The molecule has 64 valence electrons. The van der Waals surface area contributed by atoms with Crippen molar-refractivity contribution >= 4 is 0 Å². The summed E-state index contributed by atoms with van der Waals surface area (Å²) in [7, 11) is 0. The fourth-order valence-corrected chi connectivity index (χ4v) is 1.41. The summed E-state index contributed by atoms with van der Waals surface area (Å²) < 4.78 is 28.4. The van der Waals surface area contributed by atoms with Gasteiger partial charge in [0.15, 0.2) is 18.2 Å². The number of ether oxygens (including phenoxy) is 3. The van der Waals surface area contributed by atoms with Crippen molar-refractivity contribution in [2.75, 3.05) is 6.61 Å². The van der Waals surface area contributed by atoms with Crippen LogP contribution in [0.15, 0.2) is 0 Å². The van der Waals surface area contributed by atoms with E-state index in [1.807, 2.05) is 0 Å². The molecule has 2 aliphatic rings. The molecule has 2 fully saturated rings. The highest BCUT2D eigenvalue weighted by molar-refractivity contribution is 4.86. The molecular formula is C7H11FO3. The number of alkyl halides is 1. The van der Waals surface area contributed by atoms with E-state index in [1.54, 1.807) is 13.8 Å². The first kappa shape index (κ1) is 7.46. The standard InChI is InChI=1S/C7H11FO3/c1-7(2)10-5-4(8)3-9-6(5)11-7/h4-6H,3H2,1-2H3/t4-,5+,6+/m0/s1. The largest absolute Gasteiger partial charge is 0.347 e. The van der Waals surface area contributed by atoms with Crippen molar-refractivity contribution in [2.45, 2.75) is 38.2 Å². The Balaban J connectivity index is 2.10. The van der Waals surface area contributed by atoms with Gasteiger partial charge in [0.2, 0.25) is 0 Å². The minimum atomic E-state index is -1.04. The molecular weight excluding hydrogens is 151 g/mol. The van der Waals surface area contributed by atoms with Crippen molar-refractivity contribution in [2.24, 2.45) is 0 Å². The van der Waals surface area contributed by atoms with E-state index in [-0.39, 0.29) is 6.61 Å². The maximum atomic E-state index is 12.9. The molecule has 0 spiro atoms. The maximum absolute atomic E-state index is 12.9. The molecule has 4 heteroatoms. The SMILES string of the molecule is CC1(C)O[C@H]2OC[C@H](F)[C@H]2O1. The Labute approximate surface area is 64.4 Å². The average molecular weight is 162 g/mol. The fourth-order valence-electron chi connectivity index (χ4n) is 1.41. The highest BCUT2D eigenvalue weighted by Crippen LogP contribution is 2.35. The molecule has 0 N–H and O–H groups in total. The summed E-state index contributed by atoms with van der Waals surface area (Å²) in [6.07, 6.45) is -2.06. The summed E-state index contributed by atoms with van der Waals surface area (Å²) in [6, 6.07) is 0. The molecule has 0 aromatic carbocycles. The second-order valence-corrected chi connectivity index (χ2v) is 3.32. The van der Waals surface area contributed by atoms with Crippen LogP contribution in [0.1, 0.15) is 13.8 Å². The van der Waals surface area contributed by atoms with Crippen molar-refractivity contribution in [3.63, 3.8) is 0 Å². The van der Waals surface area contributed by atoms with Gasteiger partial charge in [0.05, 0.1) is 6.61 Å². The van der Waals surface area contributed by atoms with Gasteiger partial charge in [-0.15, -0.1) is 0 Å². The van der Waals surface area contributed by atoms with E-state index >= 15 is 0 Å². The van der Waals surface area contributed by atoms with E-state index in [4.69, 9.17) is 14.2 Å². The third-order valence-electron chi connectivity index (χ3n) is 1.86. The minimum Gasteiger partial charge on any atom is -0.347 e. The maximum Gasteiger partial charge on any atom is 0.190 e. The van der Waals surface area contributed by atoms with Gasteiger partial charge in [-0.05, 0) is 13.8 Å². The van der Waals surface area contributed by atoms with Gasteiger partial charge >= 0.3 is 0 Å². The van der Waals surface area contributed by atoms with Crippen molar-refractivity contribution in [1.29, 1.82) is 0 Å². The summed E-state index contributed by atoms with van der Waals surface area (Å²) in [5.74, 6) is -0.694. The normalized spacial score (nSPS) is 47.7. The highest BCUT2D eigenvalue weighted by atomic mass is 19.1. The predicted octanol–water partition coefficient (Wildman–Crippen LogP) is 0.832. The summed E-state index contributed by atoms with van der Waals surface area (Å²) >= 11 is 0. The van der Waals surface area contributed by atoms with Gasteiger partial charge in [0.25, 0.3) is 0 Å². The Morgan fingerprint density at radius 3 is 2.73 bits per heavy atom. The number of fused-ring (bicyclic) bond motifs is 1. The molecule has 2 rings (SSSR count). The van der Waals surface area contributed by atoms with Crippen LogP contribution in [-0.2, 0) is 14.2 Å². The molecule has 0 amide bonds. The van der Waals surface area contributed by atoms with E-state index < -0.39 is 24.4 Å². The van der Waals surface area contributed by atoms with Gasteiger partial charge in [-0.2, -0.15) is 0 Å². The highest BCUT2D eigenvalue weighted by Gasteiger charge is 2.50. The first-order valence-electron chi connectivity index (χ1n) is 3.70. The molecule has 0 saturated carbocycles. The summed E-state index contributed by atoms with van der Waals surface area (Å²) in [4.78, 5) is 0. The van der Waals surface area contributed by atoms with Gasteiger partial charge in [0.1, 0.15) is 6.10 Å². The number of hydrogen-bond donors (Lipinski definition) is 0. The Morgan fingerprint density at radius 1 is 1.36 bits per heavy atom. The quantitative estimate of drug-likeness (QED) is 0.528. The van der Waals surface area contributed by atoms with Crippen LogP contribution in [0.2, 0.25) is 0 Å². The molecule has 0 aliphatic carbocycles. The average Bonchev–Trinajstić information content (AvgIpc) is 2.31. The van der Waals surface area contributed by atoms with Gasteiger partial charge in [0, 0.05) is 0 Å². The van der Waals surface area contributed by atoms with Crippen molar-refractivity contribution in [3.05, 3.63) is 0 Å². The third-order valence-corrected chi connectivity index (χ3v) is 1.86. The van der Waals surface area contributed by atoms with Crippen LogP contribution in [0.5, 0.6) is 0 Å². The second kappa shape index (κ2) is 2.15. The summed E-state index contributed by atoms with van der Waals surface area (Å²) in [5, 5.41) is 0. The molecule has 0 unspecified atom stereocenters. The van der Waals surface area contributed by atoms with Crippen LogP contribution in [0.25, 0.3) is 0 Å². The van der Waals surface area contributed by atoms with Gasteiger partial charge in [-0.3, -0.25) is 0 Å². The molecule has 0 bridgehead atoms. The molecule has 2 aliphatic heterocycles. The molecule has 0 aromatic rings. The van der Waals surface area contributed by atoms with Crippen LogP contribution in [-0.4, -0.2) is 31.0 Å². The third kappa shape index (κ3) is 1.15. The Bertz CT molecular complexity index is 171. The van der Waals surface area contributed by atoms with Crippen LogP contribution < -0.4 is 0 Å². The summed E-state index contributed by atoms with van der Waals surface area (Å²) in [6.45, 7) is 3.59. The monoisotopic (exact) mass is 162 g/mol. The smallest absolute Gasteiger partial charge is 0.190 e. The van der Waals surface area contributed by atoms with Crippen LogP contribution >= 0.6 is 0 Å². The topological polar surface area (TPSA) is 27.7 Å². The van der Waals surface area contributed by atoms with Crippen molar-refractivity contribution in [1.82, 2.24) is 0 Å². The van der Waals surface area contributed by atoms with E-state index in [0.717, 1.165) is 0 Å². The zero-order valence-corrected chi connectivity index (χ0v) is 6.54. The fraction of sp³-hybridized carbons (Fsp3) is 1.00. The van der Waals surface area contributed by atoms with Gasteiger partial charge in [-0.1, -0.05) is 0 Å². The van der Waals surface area contributed by atoms with E-state index in [9.17, 15) is 4.39 Å². The lowest BCUT2D eigenvalue weighted by Crippen LogP contribution is -2.27. The van der Waals surface area contributed by atoms with Crippen LogP contribution in [0, 0.1) is 0 Å². The molecule has 11 heavy (non-hydrogen) atoms. The molecule has 2 heterocycles. The first-order chi connectivity index (χ1) is 5.08. The summed E-state index contributed by atoms with van der Waals surface area (Å²) in [5.41, 5.74) is 0. The Hall–Kier alpha value is -0.190. The lowest BCUT2D eigenvalue weighted by Gasteiger charge is -2.18. The number of halogens is 1. The molecule has 0 aromatic heterocycles. The number of rotatable bonds is 0. The van der Waals surface area contributed by atoms with E-state index in [1.165, 1.54) is 0 Å². The number of hydrogen-bond acceptors (Lipinski definition) is 3. The molecule has 2 saturated heterocycles. The van der Waals surface area contributed by atoms with Gasteiger partial charge < -0.3 is 14.2 Å². The van der Waals surface area contributed by atoms with Crippen molar-refractivity contribution < 1.29 is 18.6 Å². The minimum absolute atomic E-state index is 0.0887. The molecule has 0 radical (unpaired) electrons. The second-order valence-electron chi connectivity index (χ2n) is 3.32. The lowest BCUT2D eigenvalue weighted by atomic mass is 10.3. The Kier molecular flexibility index (Phi) is 1.46. The first-order valence-corrected chi connectivity index (χ1v) is 3.70. The predicted molar refractivity (Wildman–Crippen MR) is 34.7 cm³/mol. The van der Waals surface area contributed by atoms with Crippen molar-refractivity contribution in [3.8, 4) is 0 Å². The van der Waals surface area contributed by atoms with Crippen LogP contribution in [0.4, 0.5) is 4.39 Å². The molecule has 3 nitrogen and oxygen atoms in total. The van der Waals surface area contributed by atoms with Gasteiger partial charge in [-0.25, -0.2) is 4.39 Å². The zero-order chi connectivity index (χ0) is 8.06. The lowest BCUT2D eigenvalue weighted by molar-refractivity contribution is -0.197. The zero-order valence-electron chi connectivity index (χ0n) is 6.54. The Morgan fingerprint density at radius 2 is 2.09 bits per heavy atom. The molecule has 3 atom stereocenters. The van der Waals surface area contributed by atoms with Crippen LogP contribution in [0.3, 0.4) is 0 Å².